The van der Waals surface area contributed by atoms with Gasteiger partial charge in [0.15, 0.2) is 11.5 Å². The molecule has 5 nitrogen and oxygen atoms in total. The van der Waals surface area contributed by atoms with E-state index in [9.17, 15) is 4.79 Å². The molecular weight excluding hydrogens is 306 g/mol. The fraction of sp³-hybridized carbons (Fsp3) is 0.632. The predicted molar refractivity (Wildman–Crippen MR) is 89.4 cm³/mol. The van der Waals surface area contributed by atoms with Crippen LogP contribution in [0.15, 0.2) is 12.1 Å². The Morgan fingerprint density at radius 2 is 1.83 bits per heavy atom. The number of carbonyl (C=O) groups is 1. The maximum absolute atomic E-state index is 12.7. The molecule has 130 valence electrons. The molecule has 4 rings (SSSR count). The first-order chi connectivity index (χ1) is 11.7. The predicted octanol–water partition coefficient (Wildman–Crippen LogP) is 2.50. The summed E-state index contributed by atoms with van der Waals surface area (Å²) in [4.78, 5) is 14.8. The zero-order valence-electron chi connectivity index (χ0n) is 14.5. The average Bonchev–Trinajstić information content (AvgIpc) is 3.45. The maximum Gasteiger partial charge on any atom is 0.226 e. The highest BCUT2D eigenvalue weighted by atomic mass is 16.5. The van der Waals surface area contributed by atoms with Gasteiger partial charge in [-0.2, -0.15) is 0 Å². The van der Waals surface area contributed by atoms with Gasteiger partial charge in [0.2, 0.25) is 5.91 Å². The molecule has 0 N–H and O–H groups in total. The molecule has 1 aliphatic carbocycles. The van der Waals surface area contributed by atoms with Gasteiger partial charge in [0.05, 0.1) is 14.2 Å². The summed E-state index contributed by atoms with van der Waals surface area (Å²) >= 11 is 0. The van der Waals surface area contributed by atoms with Crippen LogP contribution in [0.4, 0.5) is 0 Å². The average molecular weight is 331 g/mol. The Kier molecular flexibility index (Phi) is 3.91. The van der Waals surface area contributed by atoms with Gasteiger partial charge in [0.25, 0.3) is 0 Å². The number of fused-ring (bicyclic) bond motifs is 2. The molecule has 1 aromatic carbocycles. The lowest BCUT2D eigenvalue weighted by atomic mass is 9.69. The van der Waals surface area contributed by atoms with Crippen molar-refractivity contribution in [1.29, 1.82) is 0 Å². The van der Waals surface area contributed by atoms with E-state index in [0.717, 1.165) is 56.9 Å². The lowest BCUT2D eigenvalue weighted by molar-refractivity contribution is -0.135. The van der Waals surface area contributed by atoms with Crippen LogP contribution in [0.3, 0.4) is 0 Å². The third kappa shape index (κ3) is 2.55. The third-order valence-electron chi connectivity index (χ3n) is 5.72. The van der Waals surface area contributed by atoms with Crippen LogP contribution >= 0.6 is 0 Å². The van der Waals surface area contributed by atoms with E-state index in [-0.39, 0.29) is 11.3 Å². The molecule has 1 spiro atoms. The van der Waals surface area contributed by atoms with Crippen LogP contribution in [-0.4, -0.2) is 44.8 Å². The second-order valence-corrected chi connectivity index (χ2v) is 7.23. The summed E-state index contributed by atoms with van der Waals surface area (Å²) in [6, 6.07) is 4.18. The van der Waals surface area contributed by atoms with E-state index in [0.29, 0.717) is 12.5 Å². The Morgan fingerprint density at radius 1 is 1.17 bits per heavy atom. The van der Waals surface area contributed by atoms with Gasteiger partial charge < -0.3 is 19.1 Å². The van der Waals surface area contributed by atoms with Gasteiger partial charge in [0, 0.05) is 37.6 Å². The Bertz CT molecular complexity index is 647. The second-order valence-electron chi connectivity index (χ2n) is 7.23. The fourth-order valence-electron chi connectivity index (χ4n) is 4.19. The Hall–Kier alpha value is -1.75. The molecule has 3 aliphatic rings. The van der Waals surface area contributed by atoms with Crippen molar-refractivity contribution in [3.8, 4) is 11.5 Å². The molecule has 2 aliphatic heterocycles. The smallest absolute Gasteiger partial charge is 0.226 e. The van der Waals surface area contributed by atoms with Crippen molar-refractivity contribution >= 4 is 5.91 Å². The Balaban J connectivity index is 1.77. The van der Waals surface area contributed by atoms with Crippen molar-refractivity contribution in [3.63, 3.8) is 0 Å². The number of benzene rings is 1. The van der Waals surface area contributed by atoms with Crippen LogP contribution in [0.2, 0.25) is 0 Å². The monoisotopic (exact) mass is 331 g/mol. The van der Waals surface area contributed by atoms with E-state index in [2.05, 4.69) is 17.0 Å². The zero-order chi connectivity index (χ0) is 16.7. The highest BCUT2D eigenvalue weighted by Crippen LogP contribution is 2.46. The van der Waals surface area contributed by atoms with E-state index >= 15 is 0 Å². The highest BCUT2D eigenvalue weighted by molar-refractivity contribution is 5.81. The van der Waals surface area contributed by atoms with Gasteiger partial charge in [0.1, 0.15) is 0 Å². The first-order valence-corrected chi connectivity index (χ1v) is 8.79. The summed E-state index contributed by atoms with van der Waals surface area (Å²) in [5.41, 5.74) is 2.48. The van der Waals surface area contributed by atoms with Crippen LogP contribution in [0.1, 0.15) is 36.8 Å². The van der Waals surface area contributed by atoms with Crippen molar-refractivity contribution < 1.29 is 19.0 Å². The largest absolute Gasteiger partial charge is 0.493 e. The molecule has 1 saturated carbocycles. The first-order valence-electron chi connectivity index (χ1n) is 8.79. The summed E-state index contributed by atoms with van der Waals surface area (Å²) < 4.78 is 16.6. The standard InChI is InChI=1S/C19H25NO4/c1-22-16-9-14-11-20(18(21)13-3-4-13)12-19(5-7-24-8-6-19)15(14)10-17(16)23-2/h9-10,13H,3-8,11-12H2,1-2H3. The summed E-state index contributed by atoms with van der Waals surface area (Å²) in [6.07, 6.45) is 3.99. The molecule has 2 heterocycles. The Morgan fingerprint density at radius 3 is 2.46 bits per heavy atom. The number of nitrogens with zero attached hydrogens (tertiary/aromatic N) is 1. The van der Waals surface area contributed by atoms with E-state index in [1.807, 2.05) is 0 Å². The maximum atomic E-state index is 12.7. The number of carbonyl (C=O) groups excluding carboxylic acids is 1. The summed E-state index contributed by atoms with van der Waals surface area (Å²) in [7, 11) is 3.33. The van der Waals surface area contributed by atoms with Crippen LogP contribution < -0.4 is 9.47 Å². The SMILES string of the molecule is COc1cc2c(cc1OC)C1(CCOCC1)CN(C(=O)C1CC1)C2. The summed E-state index contributed by atoms with van der Waals surface area (Å²) in [5.74, 6) is 2.08. The lowest BCUT2D eigenvalue weighted by Gasteiger charge is -2.46. The molecule has 0 radical (unpaired) electrons. The minimum absolute atomic E-state index is 0.0179. The van der Waals surface area contributed by atoms with Gasteiger partial charge in [-0.25, -0.2) is 0 Å². The lowest BCUT2D eigenvalue weighted by Crippen LogP contribution is -2.51. The minimum atomic E-state index is -0.0179. The van der Waals surface area contributed by atoms with Crippen molar-refractivity contribution in [2.24, 2.45) is 5.92 Å². The number of amides is 1. The molecule has 0 atom stereocenters. The number of methoxy groups -OCH3 is 2. The van der Waals surface area contributed by atoms with E-state index in [1.54, 1.807) is 14.2 Å². The summed E-state index contributed by atoms with van der Waals surface area (Å²) in [6.45, 7) is 2.97. The second kappa shape index (κ2) is 5.96. The van der Waals surface area contributed by atoms with E-state index in [1.165, 1.54) is 11.1 Å². The highest BCUT2D eigenvalue weighted by Gasteiger charge is 2.45. The topological polar surface area (TPSA) is 48.0 Å². The van der Waals surface area contributed by atoms with Crippen LogP contribution in [0.5, 0.6) is 11.5 Å². The molecule has 5 heteroatoms. The third-order valence-corrected chi connectivity index (χ3v) is 5.72. The van der Waals surface area contributed by atoms with E-state index < -0.39 is 0 Å². The van der Waals surface area contributed by atoms with Crippen molar-refractivity contribution in [1.82, 2.24) is 4.90 Å². The van der Waals surface area contributed by atoms with Crippen molar-refractivity contribution in [2.75, 3.05) is 34.0 Å². The first kappa shape index (κ1) is 15.8. The van der Waals surface area contributed by atoms with Gasteiger partial charge in [-0.15, -0.1) is 0 Å². The molecular formula is C19H25NO4. The van der Waals surface area contributed by atoms with Gasteiger partial charge in [-0.3, -0.25) is 4.79 Å². The molecule has 1 saturated heterocycles. The quantitative estimate of drug-likeness (QED) is 0.854. The Labute approximate surface area is 142 Å². The van der Waals surface area contributed by atoms with Gasteiger partial charge in [-0.1, -0.05) is 0 Å². The minimum Gasteiger partial charge on any atom is -0.493 e. The molecule has 0 bridgehead atoms. The van der Waals surface area contributed by atoms with E-state index in [4.69, 9.17) is 14.2 Å². The zero-order valence-corrected chi connectivity index (χ0v) is 14.5. The molecule has 1 aromatic rings. The van der Waals surface area contributed by atoms with Crippen LogP contribution in [0, 0.1) is 5.92 Å². The van der Waals surface area contributed by atoms with Crippen molar-refractivity contribution in [2.45, 2.75) is 37.6 Å². The number of rotatable bonds is 3. The number of hydrogen-bond acceptors (Lipinski definition) is 4. The molecule has 1 amide bonds. The fourth-order valence-corrected chi connectivity index (χ4v) is 4.19. The molecule has 0 aromatic heterocycles. The molecule has 24 heavy (non-hydrogen) atoms. The van der Waals surface area contributed by atoms with Gasteiger partial charge in [-0.05, 0) is 48.9 Å². The number of hydrogen-bond donors (Lipinski definition) is 0. The summed E-state index contributed by atoms with van der Waals surface area (Å²) in [5, 5.41) is 0. The molecule has 2 fully saturated rings. The van der Waals surface area contributed by atoms with Crippen molar-refractivity contribution in [3.05, 3.63) is 23.3 Å². The molecule has 0 unspecified atom stereocenters. The van der Waals surface area contributed by atoms with Crippen LogP contribution in [-0.2, 0) is 21.5 Å². The van der Waals surface area contributed by atoms with Crippen LogP contribution in [0.25, 0.3) is 0 Å². The van der Waals surface area contributed by atoms with Gasteiger partial charge >= 0.3 is 0 Å². The number of ether oxygens (including phenoxy) is 3. The normalized spacial score (nSPS) is 22.2.